The highest BCUT2D eigenvalue weighted by Gasteiger charge is 2.18. The number of aryl methyl sites for hydroxylation is 1. The largest absolute Gasteiger partial charge is 0.340 e. The van der Waals surface area contributed by atoms with Crippen molar-refractivity contribution in [1.82, 2.24) is 18.9 Å². The van der Waals surface area contributed by atoms with Crippen LogP contribution in [-0.2, 0) is 18.5 Å². The van der Waals surface area contributed by atoms with E-state index in [1.165, 1.54) is 0 Å². The zero-order valence-electron chi connectivity index (χ0n) is 10.3. The van der Waals surface area contributed by atoms with Crippen molar-refractivity contribution in [3.8, 4) is 0 Å². The zero-order chi connectivity index (χ0) is 12.4. The Balaban J connectivity index is 1.92. The molecule has 5 nitrogen and oxygen atoms in total. The molecule has 1 fully saturated rings. The van der Waals surface area contributed by atoms with Gasteiger partial charge in [0.05, 0.1) is 6.67 Å². The number of hydrogen-bond donors (Lipinski definition) is 0. The minimum atomic E-state index is 0.168. The van der Waals surface area contributed by atoms with Crippen LogP contribution in [0.4, 0.5) is 0 Å². The first-order chi connectivity index (χ1) is 8.08. The molecule has 2 heterocycles. The standard InChI is InChI=1S/C11H18N4OS/c1-10(16)14-7-4-13(5-8-14)9-15-6-3-12(2)11(15)17/h3,6H,4-5,7-9H2,1-2H3. The molecule has 1 saturated heterocycles. The molecule has 0 unspecified atom stereocenters. The minimum Gasteiger partial charge on any atom is -0.340 e. The summed E-state index contributed by atoms with van der Waals surface area (Å²) in [6.45, 7) is 5.89. The number of rotatable bonds is 2. The SMILES string of the molecule is CC(=O)N1CCN(Cn2ccn(C)c2=S)CC1. The van der Waals surface area contributed by atoms with Crippen LogP contribution in [0.2, 0.25) is 0 Å². The van der Waals surface area contributed by atoms with Crippen LogP contribution in [0.3, 0.4) is 0 Å². The summed E-state index contributed by atoms with van der Waals surface area (Å²) in [5, 5.41) is 0. The van der Waals surface area contributed by atoms with Gasteiger partial charge in [-0.15, -0.1) is 0 Å². The van der Waals surface area contributed by atoms with Crippen molar-refractivity contribution in [2.24, 2.45) is 7.05 Å². The Morgan fingerprint density at radius 1 is 1.29 bits per heavy atom. The molecule has 0 radical (unpaired) electrons. The Kier molecular flexibility index (Phi) is 3.63. The van der Waals surface area contributed by atoms with Crippen molar-refractivity contribution in [3.05, 3.63) is 17.2 Å². The second-order valence-electron chi connectivity index (χ2n) is 4.43. The van der Waals surface area contributed by atoms with Gasteiger partial charge in [0, 0.05) is 52.5 Å². The zero-order valence-corrected chi connectivity index (χ0v) is 11.1. The monoisotopic (exact) mass is 254 g/mol. The Morgan fingerprint density at radius 3 is 2.41 bits per heavy atom. The van der Waals surface area contributed by atoms with Gasteiger partial charge in [0.1, 0.15) is 0 Å². The highest BCUT2D eigenvalue weighted by Crippen LogP contribution is 2.05. The van der Waals surface area contributed by atoms with Gasteiger partial charge in [0.15, 0.2) is 4.77 Å². The molecular formula is C11H18N4OS. The molecule has 0 aromatic carbocycles. The van der Waals surface area contributed by atoms with Gasteiger partial charge in [-0.05, 0) is 12.2 Å². The molecule has 0 spiro atoms. The molecular weight excluding hydrogens is 236 g/mol. The number of piperazine rings is 1. The van der Waals surface area contributed by atoms with Crippen molar-refractivity contribution in [2.45, 2.75) is 13.6 Å². The number of nitrogens with zero attached hydrogens (tertiary/aromatic N) is 4. The Hall–Kier alpha value is -1.14. The predicted molar refractivity (Wildman–Crippen MR) is 68.1 cm³/mol. The molecule has 2 rings (SSSR count). The second kappa shape index (κ2) is 5.01. The number of hydrogen-bond acceptors (Lipinski definition) is 3. The maximum atomic E-state index is 11.2. The van der Waals surface area contributed by atoms with E-state index in [4.69, 9.17) is 12.2 Å². The number of carbonyl (C=O) groups is 1. The molecule has 1 aliphatic rings. The van der Waals surface area contributed by atoms with Gasteiger partial charge in [-0.2, -0.15) is 0 Å². The molecule has 0 bridgehead atoms. The summed E-state index contributed by atoms with van der Waals surface area (Å²) >= 11 is 5.29. The first-order valence-corrected chi connectivity index (χ1v) is 6.18. The Labute approximate surface area is 106 Å². The number of aromatic nitrogens is 2. The third-order valence-corrected chi connectivity index (χ3v) is 3.71. The fraction of sp³-hybridized carbons (Fsp3) is 0.636. The lowest BCUT2D eigenvalue weighted by Gasteiger charge is -2.34. The van der Waals surface area contributed by atoms with E-state index in [0.717, 1.165) is 37.6 Å². The lowest BCUT2D eigenvalue weighted by Crippen LogP contribution is -2.48. The average Bonchev–Trinajstić information content (AvgIpc) is 2.62. The summed E-state index contributed by atoms with van der Waals surface area (Å²) in [7, 11) is 1.95. The molecule has 0 N–H and O–H groups in total. The molecule has 6 heteroatoms. The highest BCUT2D eigenvalue weighted by atomic mass is 32.1. The second-order valence-corrected chi connectivity index (χ2v) is 4.79. The quantitative estimate of drug-likeness (QED) is 0.728. The van der Waals surface area contributed by atoms with Gasteiger partial charge < -0.3 is 14.0 Å². The lowest BCUT2D eigenvalue weighted by molar-refractivity contribution is -0.130. The molecule has 0 atom stereocenters. The molecule has 94 valence electrons. The van der Waals surface area contributed by atoms with E-state index in [1.807, 2.05) is 28.9 Å². The fourth-order valence-electron chi connectivity index (χ4n) is 2.04. The average molecular weight is 254 g/mol. The molecule has 1 aliphatic heterocycles. The van der Waals surface area contributed by atoms with Crippen LogP contribution in [0.1, 0.15) is 6.92 Å². The van der Waals surface area contributed by atoms with Crippen molar-refractivity contribution < 1.29 is 4.79 Å². The first kappa shape index (κ1) is 12.3. The van der Waals surface area contributed by atoms with E-state index in [0.29, 0.717) is 0 Å². The number of imidazole rings is 1. The van der Waals surface area contributed by atoms with Gasteiger partial charge in [-0.3, -0.25) is 9.69 Å². The molecule has 0 aliphatic carbocycles. The van der Waals surface area contributed by atoms with Gasteiger partial charge in [-0.25, -0.2) is 0 Å². The minimum absolute atomic E-state index is 0.168. The van der Waals surface area contributed by atoms with Crippen molar-refractivity contribution in [3.63, 3.8) is 0 Å². The molecule has 17 heavy (non-hydrogen) atoms. The van der Waals surface area contributed by atoms with Crippen molar-refractivity contribution in [1.29, 1.82) is 0 Å². The van der Waals surface area contributed by atoms with Gasteiger partial charge in [-0.1, -0.05) is 0 Å². The lowest BCUT2D eigenvalue weighted by atomic mass is 10.3. The maximum absolute atomic E-state index is 11.2. The van der Waals surface area contributed by atoms with E-state index < -0.39 is 0 Å². The Bertz CT molecular complexity index is 456. The summed E-state index contributed by atoms with van der Waals surface area (Å²) in [5.41, 5.74) is 0. The molecule has 1 amide bonds. The Morgan fingerprint density at radius 2 is 1.94 bits per heavy atom. The van der Waals surface area contributed by atoms with Crippen molar-refractivity contribution in [2.75, 3.05) is 26.2 Å². The predicted octanol–water partition coefficient (Wildman–Crippen LogP) is 0.678. The van der Waals surface area contributed by atoms with E-state index in [2.05, 4.69) is 9.47 Å². The summed E-state index contributed by atoms with van der Waals surface area (Å²) in [5.74, 6) is 0.168. The molecule has 1 aromatic rings. The maximum Gasteiger partial charge on any atom is 0.219 e. The van der Waals surface area contributed by atoms with Gasteiger partial charge in [0.2, 0.25) is 5.91 Å². The number of amides is 1. The van der Waals surface area contributed by atoms with Crippen LogP contribution in [0.15, 0.2) is 12.4 Å². The topological polar surface area (TPSA) is 33.4 Å². The van der Waals surface area contributed by atoms with Crippen LogP contribution in [-0.4, -0.2) is 51.0 Å². The summed E-state index contributed by atoms with van der Waals surface area (Å²) in [6, 6.07) is 0. The van der Waals surface area contributed by atoms with E-state index >= 15 is 0 Å². The number of carbonyl (C=O) groups excluding carboxylic acids is 1. The van der Waals surface area contributed by atoms with E-state index in [9.17, 15) is 4.79 Å². The van der Waals surface area contributed by atoms with Gasteiger partial charge >= 0.3 is 0 Å². The first-order valence-electron chi connectivity index (χ1n) is 5.77. The summed E-state index contributed by atoms with van der Waals surface area (Å²) in [6.07, 6.45) is 3.97. The normalized spacial score (nSPS) is 17.4. The smallest absolute Gasteiger partial charge is 0.219 e. The molecule has 0 saturated carbocycles. The van der Waals surface area contributed by atoms with Crippen LogP contribution >= 0.6 is 12.2 Å². The van der Waals surface area contributed by atoms with Gasteiger partial charge in [0.25, 0.3) is 0 Å². The summed E-state index contributed by atoms with van der Waals surface area (Å²) in [4.78, 5) is 15.4. The molecule has 1 aromatic heterocycles. The highest BCUT2D eigenvalue weighted by molar-refractivity contribution is 7.71. The van der Waals surface area contributed by atoms with Crippen molar-refractivity contribution >= 4 is 18.1 Å². The van der Waals surface area contributed by atoms with Crippen LogP contribution < -0.4 is 0 Å². The third kappa shape index (κ3) is 2.76. The van der Waals surface area contributed by atoms with Crippen LogP contribution in [0.5, 0.6) is 0 Å². The van der Waals surface area contributed by atoms with Crippen LogP contribution in [0, 0.1) is 4.77 Å². The third-order valence-electron chi connectivity index (χ3n) is 3.19. The van der Waals surface area contributed by atoms with E-state index in [-0.39, 0.29) is 5.91 Å². The van der Waals surface area contributed by atoms with E-state index in [1.54, 1.807) is 6.92 Å². The fourth-order valence-corrected chi connectivity index (χ4v) is 2.22. The summed E-state index contributed by atoms with van der Waals surface area (Å²) < 4.78 is 4.82. The van der Waals surface area contributed by atoms with Crippen LogP contribution in [0.25, 0.3) is 0 Å².